The molecule has 0 unspecified atom stereocenters. The van der Waals surface area contributed by atoms with Crippen LogP contribution in [0.3, 0.4) is 0 Å². The number of benzene rings is 1. The second kappa shape index (κ2) is 7.37. The van der Waals surface area contributed by atoms with Crippen LogP contribution in [0, 0.1) is 0 Å². The maximum absolute atomic E-state index is 12.0. The minimum atomic E-state index is 0.0739. The summed E-state index contributed by atoms with van der Waals surface area (Å²) in [6, 6.07) is 10.1. The molecule has 2 heterocycles. The van der Waals surface area contributed by atoms with Gasteiger partial charge in [-0.15, -0.1) is 11.3 Å². The van der Waals surface area contributed by atoms with Crippen LogP contribution in [-0.4, -0.2) is 26.7 Å². The number of amides is 1. The standard InChI is InChI=1S/C17H20N4OS/c1-13(12-21-11-5-10-18-21)19-16(22)8-4-9-17-20-14-6-2-3-7-15(14)23-17/h2-3,5-7,10-11,13H,4,8-9,12H2,1H3,(H,19,22)/t13-/m0/s1. The molecular weight excluding hydrogens is 308 g/mol. The van der Waals surface area contributed by atoms with E-state index in [-0.39, 0.29) is 11.9 Å². The van der Waals surface area contributed by atoms with Crippen LogP contribution in [0.2, 0.25) is 0 Å². The molecule has 3 rings (SSSR count). The van der Waals surface area contributed by atoms with Gasteiger partial charge in [0.2, 0.25) is 5.91 Å². The van der Waals surface area contributed by atoms with Crippen molar-refractivity contribution in [3.05, 3.63) is 47.7 Å². The molecule has 3 aromatic rings. The third-order valence-corrected chi connectivity index (χ3v) is 4.66. The van der Waals surface area contributed by atoms with E-state index in [0.717, 1.165) is 23.4 Å². The van der Waals surface area contributed by atoms with E-state index in [1.165, 1.54) is 4.70 Å². The van der Waals surface area contributed by atoms with Crippen LogP contribution >= 0.6 is 11.3 Å². The van der Waals surface area contributed by atoms with E-state index >= 15 is 0 Å². The van der Waals surface area contributed by atoms with Gasteiger partial charge in [0.05, 0.1) is 21.8 Å². The Morgan fingerprint density at radius 1 is 1.35 bits per heavy atom. The molecule has 0 saturated heterocycles. The van der Waals surface area contributed by atoms with E-state index in [4.69, 9.17) is 0 Å². The summed E-state index contributed by atoms with van der Waals surface area (Å²) >= 11 is 1.71. The van der Waals surface area contributed by atoms with Crippen LogP contribution in [0.15, 0.2) is 42.7 Å². The summed E-state index contributed by atoms with van der Waals surface area (Å²) in [5, 5.41) is 8.26. The lowest BCUT2D eigenvalue weighted by molar-refractivity contribution is -0.121. The predicted octanol–water partition coefficient (Wildman–Crippen LogP) is 3.02. The van der Waals surface area contributed by atoms with Gasteiger partial charge in [-0.1, -0.05) is 12.1 Å². The largest absolute Gasteiger partial charge is 0.352 e. The van der Waals surface area contributed by atoms with Crippen LogP contribution in [0.4, 0.5) is 0 Å². The Kier molecular flexibility index (Phi) is 5.02. The molecule has 1 aromatic carbocycles. The van der Waals surface area contributed by atoms with Crippen LogP contribution in [0.25, 0.3) is 10.2 Å². The monoisotopic (exact) mass is 328 g/mol. The number of hydrogen-bond acceptors (Lipinski definition) is 4. The second-order valence-corrected chi connectivity index (χ2v) is 6.74. The number of carbonyl (C=O) groups excluding carboxylic acids is 1. The van der Waals surface area contributed by atoms with E-state index in [2.05, 4.69) is 21.5 Å². The van der Waals surface area contributed by atoms with Gasteiger partial charge in [-0.25, -0.2) is 4.98 Å². The summed E-state index contributed by atoms with van der Waals surface area (Å²) < 4.78 is 3.03. The lowest BCUT2D eigenvalue weighted by Crippen LogP contribution is -2.35. The van der Waals surface area contributed by atoms with Gasteiger partial charge in [-0.05, 0) is 38.0 Å². The van der Waals surface area contributed by atoms with Crippen LogP contribution in [0.5, 0.6) is 0 Å². The van der Waals surface area contributed by atoms with Gasteiger partial charge >= 0.3 is 0 Å². The van der Waals surface area contributed by atoms with Crippen molar-refractivity contribution in [3.8, 4) is 0 Å². The van der Waals surface area contributed by atoms with E-state index in [1.807, 2.05) is 42.1 Å². The number of hydrogen-bond donors (Lipinski definition) is 1. The maximum Gasteiger partial charge on any atom is 0.220 e. The maximum atomic E-state index is 12.0. The topological polar surface area (TPSA) is 59.8 Å². The van der Waals surface area contributed by atoms with Crippen molar-refractivity contribution in [1.82, 2.24) is 20.1 Å². The lowest BCUT2D eigenvalue weighted by Gasteiger charge is -2.13. The number of rotatable bonds is 7. The summed E-state index contributed by atoms with van der Waals surface area (Å²) in [6.07, 6.45) is 5.84. The van der Waals surface area contributed by atoms with Crippen molar-refractivity contribution >= 4 is 27.5 Å². The molecule has 1 atom stereocenters. The minimum absolute atomic E-state index is 0.0739. The molecule has 1 N–H and O–H groups in total. The van der Waals surface area contributed by atoms with Crippen molar-refractivity contribution in [3.63, 3.8) is 0 Å². The summed E-state index contributed by atoms with van der Waals surface area (Å²) in [5.41, 5.74) is 1.05. The molecule has 120 valence electrons. The zero-order valence-electron chi connectivity index (χ0n) is 13.1. The first-order valence-corrected chi connectivity index (χ1v) is 8.63. The van der Waals surface area contributed by atoms with Crippen molar-refractivity contribution in [2.24, 2.45) is 0 Å². The average molecular weight is 328 g/mol. The SMILES string of the molecule is C[C@@H](Cn1cccn1)NC(=O)CCCc1nc2ccccc2s1. The highest BCUT2D eigenvalue weighted by Crippen LogP contribution is 2.22. The smallest absolute Gasteiger partial charge is 0.220 e. The van der Waals surface area contributed by atoms with E-state index < -0.39 is 0 Å². The Labute approximate surface area is 139 Å². The normalized spacial score (nSPS) is 12.4. The van der Waals surface area contributed by atoms with E-state index in [0.29, 0.717) is 13.0 Å². The number of aromatic nitrogens is 3. The number of carbonyl (C=O) groups is 1. The minimum Gasteiger partial charge on any atom is -0.352 e. The Balaban J connectivity index is 1.42. The predicted molar refractivity (Wildman–Crippen MR) is 92.4 cm³/mol. The first-order valence-electron chi connectivity index (χ1n) is 7.82. The highest BCUT2D eigenvalue weighted by molar-refractivity contribution is 7.18. The van der Waals surface area contributed by atoms with Gasteiger partial charge < -0.3 is 5.32 Å². The lowest BCUT2D eigenvalue weighted by atomic mass is 10.2. The zero-order valence-corrected chi connectivity index (χ0v) is 13.9. The summed E-state index contributed by atoms with van der Waals surface area (Å²) in [5.74, 6) is 0.0887. The Bertz CT molecular complexity index is 733. The molecule has 6 heteroatoms. The van der Waals surface area contributed by atoms with Crippen molar-refractivity contribution < 1.29 is 4.79 Å². The molecule has 0 aliphatic heterocycles. The number of nitrogens with zero attached hydrogens (tertiary/aromatic N) is 3. The molecule has 0 saturated carbocycles. The molecule has 23 heavy (non-hydrogen) atoms. The van der Waals surface area contributed by atoms with Gasteiger partial charge in [0, 0.05) is 24.9 Å². The molecule has 2 aromatic heterocycles. The Morgan fingerprint density at radius 3 is 3.00 bits per heavy atom. The molecule has 0 aliphatic rings. The molecule has 5 nitrogen and oxygen atoms in total. The van der Waals surface area contributed by atoms with E-state index in [1.54, 1.807) is 17.5 Å². The molecule has 1 amide bonds. The number of fused-ring (bicyclic) bond motifs is 1. The van der Waals surface area contributed by atoms with Crippen LogP contribution < -0.4 is 5.32 Å². The molecule has 0 bridgehead atoms. The third kappa shape index (κ3) is 4.39. The fourth-order valence-electron chi connectivity index (χ4n) is 2.51. The number of nitrogens with one attached hydrogen (secondary N) is 1. The van der Waals surface area contributed by atoms with Crippen molar-refractivity contribution in [2.45, 2.75) is 38.8 Å². The fraction of sp³-hybridized carbons (Fsp3) is 0.353. The molecule has 0 aliphatic carbocycles. The van der Waals surface area contributed by atoms with Crippen molar-refractivity contribution in [2.75, 3.05) is 0 Å². The Hall–Kier alpha value is -2.21. The summed E-state index contributed by atoms with van der Waals surface area (Å²) in [4.78, 5) is 16.6. The van der Waals surface area contributed by atoms with Gasteiger partial charge in [0.1, 0.15) is 0 Å². The molecule has 0 spiro atoms. The van der Waals surface area contributed by atoms with Crippen LogP contribution in [-0.2, 0) is 17.8 Å². The summed E-state index contributed by atoms with van der Waals surface area (Å²) in [7, 11) is 0. The molecule has 0 fully saturated rings. The highest BCUT2D eigenvalue weighted by atomic mass is 32.1. The fourth-order valence-corrected chi connectivity index (χ4v) is 3.52. The number of aryl methyl sites for hydroxylation is 1. The van der Waals surface area contributed by atoms with Gasteiger partial charge in [0.25, 0.3) is 0 Å². The number of thiazole rings is 1. The van der Waals surface area contributed by atoms with Gasteiger partial charge in [-0.3, -0.25) is 9.48 Å². The van der Waals surface area contributed by atoms with Gasteiger partial charge in [-0.2, -0.15) is 5.10 Å². The van der Waals surface area contributed by atoms with Gasteiger partial charge in [0.15, 0.2) is 0 Å². The first kappa shape index (κ1) is 15.7. The average Bonchev–Trinajstić information content (AvgIpc) is 3.15. The second-order valence-electron chi connectivity index (χ2n) is 5.63. The number of para-hydroxylation sites is 1. The van der Waals surface area contributed by atoms with Crippen molar-refractivity contribution in [1.29, 1.82) is 0 Å². The zero-order chi connectivity index (χ0) is 16.1. The van der Waals surface area contributed by atoms with Crippen LogP contribution in [0.1, 0.15) is 24.8 Å². The highest BCUT2D eigenvalue weighted by Gasteiger charge is 2.09. The molecular formula is C17H20N4OS. The quantitative estimate of drug-likeness (QED) is 0.725. The Morgan fingerprint density at radius 2 is 2.22 bits per heavy atom. The first-order chi connectivity index (χ1) is 11.2. The molecule has 0 radical (unpaired) electrons. The van der Waals surface area contributed by atoms with E-state index in [9.17, 15) is 4.79 Å². The third-order valence-electron chi connectivity index (χ3n) is 3.56. The summed E-state index contributed by atoms with van der Waals surface area (Å²) in [6.45, 7) is 2.68.